The molecule has 0 aliphatic carbocycles. The fourth-order valence-corrected chi connectivity index (χ4v) is 5.39. The minimum Gasteiger partial charge on any atom is -0.494 e. The number of hydrogen-bond donors (Lipinski definition) is 0. The second-order valence-corrected chi connectivity index (χ2v) is 12.4. The van der Waals surface area contributed by atoms with Crippen LogP contribution in [0.25, 0.3) is 11.1 Å². The van der Waals surface area contributed by atoms with E-state index in [1.165, 1.54) is 25.3 Å². The predicted molar refractivity (Wildman–Crippen MR) is 187 cm³/mol. The average Bonchev–Trinajstić information content (AvgIpc) is 3.06. The summed E-state index contributed by atoms with van der Waals surface area (Å²) in [6.45, 7) is 4.73. The van der Waals surface area contributed by atoms with Crippen molar-refractivity contribution in [1.29, 1.82) is 0 Å². The van der Waals surface area contributed by atoms with Gasteiger partial charge in [-0.1, -0.05) is 82.9 Å². The number of carbonyl (C=O) groups excluding carboxylic acids is 2. The summed E-state index contributed by atoms with van der Waals surface area (Å²) < 4.78 is 17.3. The Labute approximate surface area is 283 Å². The second-order valence-electron chi connectivity index (χ2n) is 11.9. The smallest absolute Gasteiger partial charge is 0.343 e. The van der Waals surface area contributed by atoms with E-state index in [0.29, 0.717) is 29.9 Å². The fraction of sp³-hybridized carbons (Fsp3) is 0.474. The van der Waals surface area contributed by atoms with Crippen LogP contribution in [0.15, 0.2) is 66.7 Å². The molecule has 0 aliphatic heterocycles. The van der Waals surface area contributed by atoms with Gasteiger partial charge in [0.25, 0.3) is 0 Å². The summed E-state index contributed by atoms with van der Waals surface area (Å²) in [6, 6.07) is 18.7. The van der Waals surface area contributed by atoms with Crippen molar-refractivity contribution in [3.8, 4) is 28.4 Å². The molecular weight excluding hydrogens is 618 g/mol. The van der Waals surface area contributed by atoms with Crippen LogP contribution in [0.5, 0.6) is 17.2 Å². The van der Waals surface area contributed by atoms with Crippen LogP contribution < -0.4 is 14.2 Å². The highest BCUT2D eigenvalue weighted by molar-refractivity contribution is 6.63. The van der Waals surface area contributed by atoms with Crippen molar-refractivity contribution in [3.05, 3.63) is 82.4 Å². The van der Waals surface area contributed by atoms with Crippen LogP contribution in [0.4, 0.5) is 5.69 Å². The van der Waals surface area contributed by atoms with Crippen LogP contribution in [0.3, 0.4) is 0 Å². The topological polar surface area (TPSA) is 105 Å². The highest BCUT2D eigenvalue weighted by Crippen LogP contribution is 2.34. The quantitative estimate of drug-likeness (QED) is 0.0248. The van der Waals surface area contributed by atoms with E-state index in [9.17, 15) is 19.7 Å². The Morgan fingerprint density at radius 2 is 1.36 bits per heavy atom. The summed E-state index contributed by atoms with van der Waals surface area (Å²) in [7, 11) is 0. The van der Waals surface area contributed by atoms with Gasteiger partial charge in [0.2, 0.25) is 5.24 Å². The van der Waals surface area contributed by atoms with Crippen molar-refractivity contribution < 1.29 is 28.7 Å². The molecule has 8 nitrogen and oxygen atoms in total. The molecule has 3 aromatic carbocycles. The summed E-state index contributed by atoms with van der Waals surface area (Å²) in [6.07, 6.45) is 14.3. The Morgan fingerprint density at radius 1 is 0.766 bits per heavy atom. The van der Waals surface area contributed by atoms with Crippen molar-refractivity contribution in [2.24, 2.45) is 0 Å². The van der Waals surface area contributed by atoms with Crippen LogP contribution in [0.1, 0.15) is 114 Å². The average molecular weight is 666 g/mol. The van der Waals surface area contributed by atoms with Gasteiger partial charge in [-0.3, -0.25) is 14.9 Å². The van der Waals surface area contributed by atoms with Crippen LogP contribution in [0.2, 0.25) is 0 Å². The monoisotopic (exact) mass is 665 g/mol. The van der Waals surface area contributed by atoms with E-state index < -0.39 is 10.9 Å². The van der Waals surface area contributed by atoms with E-state index in [2.05, 4.69) is 6.92 Å². The van der Waals surface area contributed by atoms with E-state index in [-0.39, 0.29) is 22.8 Å². The van der Waals surface area contributed by atoms with Gasteiger partial charge in [-0.25, -0.2) is 4.79 Å². The lowest BCUT2D eigenvalue weighted by molar-refractivity contribution is -0.386. The molecule has 0 fully saturated rings. The highest BCUT2D eigenvalue weighted by Gasteiger charge is 2.19. The van der Waals surface area contributed by atoms with Gasteiger partial charge in [0.15, 0.2) is 5.75 Å². The van der Waals surface area contributed by atoms with Gasteiger partial charge in [-0.15, -0.1) is 0 Å². The lowest BCUT2D eigenvalue weighted by Crippen LogP contribution is -2.12. The van der Waals surface area contributed by atoms with Crippen molar-refractivity contribution in [2.45, 2.75) is 110 Å². The zero-order valence-corrected chi connectivity index (χ0v) is 28.5. The molecule has 0 aromatic heterocycles. The number of esters is 1. The normalized spacial score (nSPS) is 11.6. The number of nitro groups is 1. The third-order valence-corrected chi connectivity index (χ3v) is 8.16. The summed E-state index contributed by atoms with van der Waals surface area (Å²) in [5, 5.41) is 11.6. The first kappa shape index (κ1) is 37.5. The number of halogens is 1. The zero-order valence-electron chi connectivity index (χ0n) is 27.7. The minimum atomic E-state index is -0.500. The van der Waals surface area contributed by atoms with Crippen LogP contribution in [-0.2, 0) is 4.79 Å². The van der Waals surface area contributed by atoms with Gasteiger partial charge in [0.1, 0.15) is 11.5 Å². The van der Waals surface area contributed by atoms with E-state index in [0.717, 1.165) is 75.5 Å². The second kappa shape index (κ2) is 21.1. The molecule has 0 unspecified atom stereocenters. The Bertz CT molecular complexity index is 1390. The number of nitro benzene ring substituents is 1. The molecule has 254 valence electrons. The Kier molecular flexibility index (Phi) is 16.8. The molecule has 0 N–H and O–H groups in total. The largest absolute Gasteiger partial charge is 0.494 e. The van der Waals surface area contributed by atoms with Gasteiger partial charge in [-0.05, 0) is 97.8 Å². The zero-order chi connectivity index (χ0) is 33.9. The van der Waals surface area contributed by atoms with E-state index in [4.69, 9.17) is 25.8 Å². The number of ether oxygens (including phenoxy) is 3. The molecule has 0 saturated heterocycles. The van der Waals surface area contributed by atoms with Gasteiger partial charge in [0.05, 0.1) is 23.2 Å². The maximum atomic E-state index is 12.8. The molecule has 1 atom stereocenters. The maximum absolute atomic E-state index is 12.8. The van der Waals surface area contributed by atoms with Gasteiger partial charge >= 0.3 is 11.7 Å². The number of rotatable bonds is 23. The van der Waals surface area contributed by atoms with Gasteiger partial charge in [-0.2, -0.15) is 0 Å². The number of benzene rings is 3. The number of nitrogens with zero attached hydrogens (tertiary/aromatic N) is 1. The molecule has 9 heteroatoms. The number of unbranched alkanes of at least 4 members (excludes halogenated alkanes) is 10. The molecule has 0 heterocycles. The van der Waals surface area contributed by atoms with Crippen LogP contribution in [-0.4, -0.2) is 28.8 Å². The third-order valence-electron chi connectivity index (χ3n) is 7.97. The van der Waals surface area contributed by atoms with E-state index in [1.807, 2.05) is 6.92 Å². The first-order valence-corrected chi connectivity index (χ1v) is 17.3. The molecule has 0 saturated carbocycles. The maximum Gasteiger partial charge on any atom is 0.343 e. The van der Waals surface area contributed by atoms with E-state index >= 15 is 0 Å². The van der Waals surface area contributed by atoms with Crippen LogP contribution >= 0.6 is 11.6 Å². The van der Waals surface area contributed by atoms with Crippen molar-refractivity contribution in [2.75, 3.05) is 6.61 Å². The minimum absolute atomic E-state index is 0.0832. The lowest BCUT2D eigenvalue weighted by atomic mass is 10.0. The molecule has 47 heavy (non-hydrogen) atoms. The first-order chi connectivity index (χ1) is 22.8. The van der Waals surface area contributed by atoms with Crippen LogP contribution in [0, 0.1) is 10.1 Å². The summed E-state index contributed by atoms with van der Waals surface area (Å²) in [5.74, 6) is 0.888. The third kappa shape index (κ3) is 14.2. The molecule has 0 spiro atoms. The first-order valence-electron chi connectivity index (χ1n) is 17.0. The van der Waals surface area contributed by atoms with Crippen molar-refractivity contribution >= 4 is 28.5 Å². The predicted octanol–water partition coefficient (Wildman–Crippen LogP) is 10.9. The molecular formula is C38H48ClNO7. The molecule has 0 bridgehead atoms. The van der Waals surface area contributed by atoms with Crippen molar-refractivity contribution in [3.63, 3.8) is 0 Å². The number of carbonyl (C=O) groups is 2. The molecule has 0 radical (unpaired) electrons. The summed E-state index contributed by atoms with van der Waals surface area (Å²) >= 11 is 5.35. The molecule has 3 aromatic rings. The Balaban J connectivity index is 1.42. The van der Waals surface area contributed by atoms with Crippen molar-refractivity contribution in [1.82, 2.24) is 0 Å². The molecule has 0 aliphatic rings. The number of hydrogen-bond acceptors (Lipinski definition) is 7. The molecule has 0 amide bonds. The molecule has 3 rings (SSSR count). The van der Waals surface area contributed by atoms with Gasteiger partial charge in [0, 0.05) is 12.5 Å². The van der Waals surface area contributed by atoms with Gasteiger partial charge < -0.3 is 14.2 Å². The SMILES string of the molecule is CCCCCC[C@@H](C)Oc1ccc(-c2ccc(C(=O)Oc3ccc(OCCCCCCCCCCC(=O)Cl)cc3)cc2)cc1[N+](=O)[O-]. The standard InChI is InChI=1S/C38H48ClNO7/c1-3-4-5-12-15-29(2)46-36-26-21-32(28-35(36)40(43)44)30-17-19-31(20-18-30)38(42)47-34-24-22-33(23-25-34)45-27-14-11-9-7-6-8-10-13-16-37(39)41/h17-26,28-29H,3-16,27H2,1-2H3/t29-/m1/s1. The fourth-order valence-electron chi connectivity index (χ4n) is 5.26. The summed E-state index contributed by atoms with van der Waals surface area (Å²) in [5.41, 5.74) is 1.68. The van der Waals surface area contributed by atoms with E-state index in [1.54, 1.807) is 60.7 Å². The lowest BCUT2D eigenvalue weighted by Gasteiger charge is -2.15. The summed E-state index contributed by atoms with van der Waals surface area (Å²) in [4.78, 5) is 34.9. The Morgan fingerprint density at radius 3 is 2.00 bits per heavy atom. The Hall–Kier alpha value is -3.91. The highest BCUT2D eigenvalue weighted by atomic mass is 35.5.